The smallest absolute Gasteiger partial charge is 0.321 e. The van der Waals surface area contributed by atoms with Gasteiger partial charge in [0.05, 0.1) is 25.7 Å². The normalized spacial score (nSPS) is 11.6. The van der Waals surface area contributed by atoms with Crippen LogP contribution in [0.5, 0.6) is 11.5 Å². The molecule has 0 spiro atoms. The first-order valence-electron chi connectivity index (χ1n) is 7.17. The van der Waals surface area contributed by atoms with Crippen LogP contribution < -0.4 is 9.47 Å². The number of carbonyl (C=O) groups excluding carboxylic acids is 1. The van der Waals surface area contributed by atoms with Gasteiger partial charge in [0.1, 0.15) is 6.54 Å². The minimum atomic E-state index is -3.87. The maximum atomic E-state index is 12.8. The molecule has 0 N–H and O–H groups in total. The number of rotatable bonds is 8. The Kier molecular flexibility index (Phi) is 6.83. The molecule has 0 aliphatic rings. The number of benzene rings is 1. The number of ether oxygens (including phenoxy) is 3. The van der Waals surface area contributed by atoms with Gasteiger partial charge in [-0.1, -0.05) is 0 Å². The lowest BCUT2D eigenvalue weighted by Crippen LogP contribution is -2.41. The van der Waals surface area contributed by atoms with Gasteiger partial charge in [-0.2, -0.15) is 4.31 Å². The van der Waals surface area contributed by atoms with Crippen LogP contribution in [0.25, 0.3) is 0 Å². The Hall–Kier alpha value is -1.80. The topological polar surface area (TPSA) is 82.1 Å². The van der Waals surface area contributed by atoms with Crippen molar-refractivity contribution in [1.82, 2.24) is 4.31 Å². The maximum absolute atomic E-state index is 12.8. The van der Waals surface area contributed by atoms with Gasteiger partial charge < -0.3 is 14.2 Å². The minimum absolute atomic E-state index is 0.0214. The summed E-state index contributed by atoms with van der Waals surface area (Å²) in [7, 11) is -0.985. The van der Waals surface area contributed by atoms with Crippen molar-refractivity contribution in [1.29, 1.82) is 0 Å². The predicted octanol–water partition coefficient (Wildman–Crippen LogP) is 1.67. The molecule has 0 fully saturated rings. The van der Waals surface area contributed by atoms with Gasteiger partial charge in [0.25, 0.3) is 0 Å². The number of hydrogen-bond donors (Lipinski definition) is 0. The summed E-state index contributed by atoms with van der Waals surface area (Å²) in [6, 6.07) is 3.89. The van der Waals surface area contributed by atoms with Gasteiger partial charge in [0.2, 0.25) is 10.0 Å². The number of methoxy groups -OCH3 is 2. The van der Waals surface area contributed by atoms with Crippen LogP contribution in [-0.4, -0.2) is 52.1 Å². The predicted molar refractivity (Wildman–Crippen MR) is 85.2 cm³/mol. The summed E-state index contributed by atoms with van der Waals surface area (Å²) in [5, 5.41) is 0. The standard InChI is InChI=1S/C15H23NO6S/c1-6-22-15(17)10-16(11(2)3)23(18,19)12-7-8-13(20-4)14(9-12)21-5/h7-9,11H,6,10H2,1-5H3. The first kappa shape index (κ1) is 19.2. The minimum Gasteiger partial charge on any atom is -0.493 e. The van der Waals surface area contributed by atoms with Crippen molar-refractivity contribution in [3.63, 3.8) is 0 Å². The van der Waals surface area contributed by atoms with E-state index in [1.54, 1.807) is 20.8 Å². The molecule has 0 aliphatic heterocycles. The van der Waals surface area contributed by atoms with E-state index in [9.17, 15) is 13.2 Å². The zero-order valence-electron chi connectivity index (χ0n) is 14.0. The molecule has 0 unspecified atom stereocenters. The molecule has 0 aromatic heterocycles. The van der Waals surface area contributed by atoms with E-state index in [4.69, 9.17) is 14.2 Å². The second-order valence-electron chi connectivity index (χ2n) is 4.97. The second-order valence-corrected chi connectivity index (χ2v) is 6.86. The summed E-state index contributed by atoms with van der Waals surface area (Å²) in [4.78, 5) is 11.7. The third-order valence-electron chi connectivity index (χ3n) is 3.13. The Balaban J connectivity index is 3.22. The molecule has 0 radical (unpaired) electrons. The Bertz CT molecular complexity index is 641. The molecule has 1 aromatic rings. The van der Waals surface area contributed by atoms with Gasteiger partial charge in [0, 0.05) is 12.1 Å². The summed E-state index contributed by atoms with van der Waals surface area (Å²) >= 11 is 0. The Labute approximate surface area is 137 Å². The number of sulfonamides is 1. The number of carbonyl (C=O) groups is 1. The Morgan fingerprint density at radius 3 is 2.26 bits per heavy atom. The molecule has 1 rings (SSSR count). The molecule has 7 nitrogen and oxygen atoms in total. The summed E-state index contributed by atoms with van der Waals surface area (Å²) in [5.41, 5.74) is 0. The van der Waals surface area contributed by atoms with Gasteiger partial charge >= 0.3 is 5.97 Å². The van der Waals surface area contributed by atoms with Crippen molar-refractivity contribution in [2.75, 3.05) is 27.4 Å². The molecule has 0 amide bonds. The van der Waals surface area contributed by atoms with E-state index in [0.29, 0.717) is 11.5 Å². The van der Waals surface area contributed by atoms with Crippen molar-refractivity contribution < 1.29 is 27.4 Å². The molecule has 0 aliphatic carbocycles. The first-order valence-corrected chi connectivity index (χ1v) is 8.61. The molecule has 0 atom stereocenters. The molecule has 130 valence electrons. The summed E-state index contributed by atoms with van der Waals surface area (Å²) in [5.74, 6) is 0.131. The molecule has 23 heavy (non-hydrogen) atoms. The van der Waals surface area contributed by atoms with E-state index in [2.05, 4.69) is 0 Å². The molecule has 0 bridgehead atoms. The van der Waals surface area contributed by atoms with Crippen LogP contribution in [0.1, 0.15) is 20.8 Å². The van der Waals surface area contributed by atoms with Gasteiger partial charge in [-0.3, -0.25) is 4.79 Å². The average molecular weight is 345 g/mol. The highest BCUT2D eigenvalue weighted by molar-refractivity contribution is 7.89. The zero-order valence-corrected chi connectivity index (χ0v) is 14.8. The van der Waals surface area contributed by atoms with Crippen molar-refractivity contribution in [3.05, 3.63) is 18.2 Å². The zero-order chi connectivity index (χ0) is 17.6. The van der Waals surface area contributed by atoms with E-state index in [1.807, 2.05) is 0 Å². The largest absolute Gasteiger partial charge is 0.493 e. The monoisotopic (exact) mass is 345 g/mol. The van der Waals surface area contributed by atoms with E-state index in [1.165, 1.54) is 32.4 Å². The Morgan fingerprint density at radius 2 is 1.78 bits per heavy atom. The van der Waals surface area contributed by atoms with Crippen LogP contribution in [0.4, 0.5) is 0 Å². The summed E-state index contributed by atoms with van der Waals surface area (Å²) in [6.45, 7) is 4.90. The van der Waals surface area contributed by atoms with E-state index in [0.717, 1.165) is 4.31 Å². The van der Waals surface area contributed by atoms with Crippen LogP contribution in [0.3, 0.4) is 0 Å². The number of nitrogens with zero attached hydrogens (tertiary/aromatic N) is 1. The van der Waals surface area contributed by atoms with E-state index in [-0.39, 0.29) is 18.0 Å². The Morgan fingerprint density at radius 1 is 1.17 bits per heavy atom. The highest BCUT2D eigenvalue weighted by Gasteiger charge is 2.30. The highest BCUT2D eigenvalue weighted by Crippen LogP contribution is 2.31. The fourth-order valence-electron chi connectivity index (χ4n) is 1.99. The molecule has 1 aromatic carbocycles. The molecular weight excluding hydrogens is 322 g/mol. The molecule has 0 saturated carbocycles. The maximum Gasteiger partial charge on any atom is 0.321 e. The van der Waals surface area contributed by atoms with Gasteiger partial charge in [0.15, 0.2) is 11.5 Å². The lowest BCUT2D eigenvalue weighted by molar-refractivity contribution is -0.143. The van der Waals surface area contributed by atoms with Gasteiger partial charge in [-0.05, 0) is 32.9 Å². The van der Waals surface area contributed by atoms with Gasteiger partial charge in [-0.15, -0.1) is 0 Å². The third-order valence-corrected chi connectivity index (χ3v) is 5.15. The molecule has 0 heterocycles. The van der Waals surface area contributed by atoms with Crippen molar-refractivity contribution >= 4 is 16.0 Å². The second kappa shape index (κ2) is 8.16. The van der Waals surface area contributed by atoms with E-state index < -0.39 is 22.0 Å². The third kappa shape index (κ3) is 4.59. The first-order chi connectivity index (χ1) is 10.8. The fourth-order valence-corrected chi connectivity index (χ4v) is 3.59. The summed E-state index contributed by atoms with van der Waals surface area (Å²) in [6.07, 6.45) is 0. The SMILES string of the molecule is CCOC(=O)CN(C(C)C)S(=O)(=O)c1ccc(OC)c(OC)c1. The van der Waals surface area contributed by atoms with Crippen LogP contribution in [0.2, 0.25) is 0 Å². The van der Waals surface area contributed by atoms with E-state index >= 15 is 0 Å². The number of esters is 1. The molecule has 8 heteroatoms. The molecule has 0 saturated heterocycles. The van der Waals surface area contributed by atoms with Crippen molar-refractivity contribution in [2.24, 2.45) is 0 Å². The lowest BCUT2D eigenvalue weighted by atomic mass is 10.3. The van der Waals surface area contributed by atoms with Crippen LogP contribution in [0.15, 0.2) is 23.1 Å². The fraction of sp³-hybridized carbons (Fsp3) is 0.533. The van der Waals surface area contributed by atoms with Crippen molar-refractivity contribution in [2.45, 2.75) is 31.7 Å². The molecular formula is C15H23NO6S. The lowest BCUT2D eigenvalue weighted by Gasteiger charge is -2.25. The van der Waals surface area contributed by atoms with Gasteiger partial charge in [-0.25, -0.2) is 8.42 Å². The quantitative estimate of drug-likeness (QED) is 0.667. The number of hydrogen-bond acceptors (Lipinski definition) is 6. The summed E-state index contributed by atoms with van der Waals surface area (Å²) < 4.78 is 41.8. The average Bonchev–Trinajstić information content (AvgIpc) is 2.51. The van der Waals surface area contributed by atoms with Crippen LogP contribution >= 0.6 is 0 Å². The highest BCUT2D eigenvalue weighted by atomic mass is 32.2. The van der Waals surface area contributed by atoms with Crippen molar-refractivity contribution in [3.8, 4) is 11.5 Å². The van der Waals surface area contributed by atoms with Crippen LogP contribution in [0, 0.1) is 0 Å². The van der Waals surface area contributed by atoms with Crippen LogP contribution in [-0.2, 0) is 19.6 Å².